The van der Waals surface area contributed by atoms with Gasteiger partial charge in [0.2, 0.25) is 0 Å². The summed E-state index contributed by atoms with van der Waals surface area (Å²) in [5.74, 6) is -0.725. The maximum absolute atomic E-state index is 13.7. The molecule has 0 amide bonds. The standard InChI is InChI=1S/C18H15ClF2N2OS/c1-10-7-11(3-5-14(10)20)17(12-4-6-15(21)13(19)8-12)18-22-9-16(23-18)25(2)24/h3-9,17H,1-2H3,(H,22,23). The van der Waals surface area contributed by atoms with E-state index in [2.05, 4.69) is 9.97 Å². The molecule has 0 saturated carbocycles. The lowest BCUT2D eigenvalue weighted by atomic mass is 9.89. The first-order valence-corrected chi connectivity index (χ1v) is 9.39. The quantitative estimate of drug-likeness (QED) is 0.720. The average molecular weight is 381 g/mol. The summed E-state index contributed by atoms with van der Waals surface area (Å²) in [6.07, 6.45) is 3.04. The molecule has 3 nitrogen and oxygen atoms in total. The minimum absolute atomic E-state index is 0.00724. The van der Waals surface area contributed by atoms with Crippen LogP contribution in [-0.2, 0) is 10.8 Å². The van der Waals surface area contributed by atoms with E-state index in [-0.39, 0.29) is 10.8 Å². The van der Waals surface area contributed by atoms with Crippen molar-refractivity contribution < 1.29 is 13.0 Å². The lowest BCUT2D eigenvalue weighted by Crippen LogP contribution is -2.07. The summed E-state index contributed by atoms with van der Waals surface area (Å²) < 4.78 is 38.9. The fourth-order valence-electron chi connectivity index (χ4n) is 2.66. The third-order valence-corrected chi connectivity index (χ3v) is 5.06. The zero-order chi connectivity index (χ0) is 18.1. The van der Waals surface area contributed by atoms with Gasteiger partial charge in [-0.15, -0.1) is 0 Å². The number of imidazole rings is 1. The number of benzene rings is 2. The lowest BCUT2D eigenvalue weighted by molar-refractivity contribution is 0.617. The Bertz CT molecular complexity index is 906. The van der Waals surface area contributed by atoms with E-state index in [1.165, 1.54) is 24.4 Å². The second-order valence-electron chi connectivity index (χ2n) is 5.70. The molecular formula is C18H15ClF2N2OS. The van der Waals surface area contributed by atoms with Crippen LogP contribution in [0.15, 0.2) is 47.6 Å². The molecule has 0 aliphatic carbocycles. The van der Waals surface area contributed by atoms with Crippen LogP contribution in [0.25, 0.3) is 0 Å². The third kappa shape index (κ3) is 3.65. The molecule has 25 heavy (non-hydrogen) atoms. The number of nitrogens with one attached hydrogen (secondary N) is 1. The van der Waals surface area contributed by atoms with Crippen molar-refractivity contribution >= 4 is 22.4 Å². The van der Waals surface area contributed by atoms with Gasteiger partial charge in [-0.25, -0.2) is 13.8 Å². The molecule has 2 atom stereocenters. The van der Waals surface area contributed by atoms with Crippen molar-refractivity contribution in [2.45, 2.75) is 17.9 Å². The second kappa shape index (κ2) is 7.06. The molecule has 0 aliphatic heterocycles. The van der Waals surface area contributed by atoms with Crippen LogP contribution in [0.1, 0.15) is 28.4 Å². The van der Waals surface area contributed by atoms with Gasteiger partial charge in [0.1, 0.15) is 22.5 Å². The lowest BCUT2D eigenvalue weighted by Gasteiger charge is -2.17. The van der Waals surface area contributed by atoms with Gasteiger partial charge in [-0.2, -0.15) is 0 Å². The van der Waals surface area contributed by atoms with Gasteiger partial charge in [0.15, 0.2) is 0 Å². The molecule has 1 heterocycles. The molecular weight excluding hydrogens is 366 g/mol. The van der Waals surface area contributed by atoms with Crippen molar-refractivity contribution in [2.75, 3.05) is 6.26 Å². The van der Waals surface area contributed by atoms with Crippen molar-refractivity contribution in [1.29, 1.82) is 0 Å². The van der Waals surface area contributed by atoms with Crippen molar-refractivity contribution in [3.63, 3.8) is 0 Å². The van der Waals surface area contributed by atoms with Crippen LogP contribution in [0.2, 0.25) is 5.02 Å². The predicted octanol–water partition coefficient (Wildman–Crippen LogP) is 4.57. The number of hydrogen-bond donors (Lipinski definition) is 1. The number of hydrogen-bond acceptors (Lipinski definition) is 2. The van der Waals surface area contributed by atoms with Crippen LogP contribution in [0.4, 0.5) is 8.78 Å². The van der Waals surface area contributed by atoms with Crippen molar-refractivity contribution in [3.05, 3.63) is 81.8 Å². The first-order chi connectivity index (χ1) is 11.9. The Morgan fingerprint density at radius 2 is 1.76 bits per heavy atom. The van der Waals surface area contributed by atoms with Gasteiger partial charge in [-0.05, 0) is 41.8 Å². The largest absolute Gasteiger partial charge is 0.334 e. The van der Waals surface area contributed by atoms with E-state index in [1.54, 1.807) is 31.4 Å². The van der Waals surface area contributed by atoms with Crippen LogP contribution in [0.5, 0.6) is 0 Å². The number of rotatable bonds is 4. The molecule has 7 heteroatoms. The molecule has 0 spiro atoms. The van der Waals surface area contributed by atoms with Gasteiger partial charge in [-0.1, -0.05) is 29.8 Å². The van der Waals surface area contributed by atoms with Crippen molar-refractivity contribution in [3.8, 4) is 0 Å². The Balaban J connectivity index is 2.17. The fraction of sp³-hybridized carbons (Fsp3) is 0.167. The van der Waals surface area contributed by atoms with Crippen LogP contribution in [0.3, 0.4) is 0 Å². The van der Waals surface area contributed by atoms with Gasteiger partial charge < -0.3 is 4.98 Å². The molecule has 1 N–H and O–H groups in total. The molecule has 0 saturated heterocycles. The first-order valence-electron chi connectivity index (χ1n) is 7.46. The molecule has 0 bridgehead atoms. The summed E-state index contributed by atoms with van der Waals surface area (Å²) >= 11 is 5.93. The van der Waals surface area contributed by atoms with E-state index in [9.17, 15) is 13.0 Å². The Kier molecular flexibility index (Phi) is 5.01. The highest BCUT2D eigenvalue weighted by Gasteiger charge is 2.22. The molecule has 2 unspecified atom stereocenters. The van der Waals surface area contributed by atoms with Gasteiger partial charge in [0.25, 0.3) is 0 Å². The highest BCUT2D eigenvalue weighted by molar-refractivity contribution is 7.84. The molecule has 2 aromatic carbocycles. The maximum Gasteiger partial charge on any atom is 0.141 e. The Morgan fingerprint density at radius 3 is 2.32 bits per heavy atom. The number of H-pyrrole nitrogens is 1. The SMILES string of the molecule is Cc1cc(C(c2ccc(F)c(Cl)c2)c2ncc(S(C)=O)[nH]2)ccc1F. The van der Waals surface area contributed by atoms with E-state index >= 15 is 0 Å². The summed E-state index contributed by atoms with van der Waals surface area (Å²) in [6.45, 7) is 1.67. The van der Waals surface area contributed by atoms with Crippen LogP contribution >= 0.6 is 11.6 Å². The van der Waals surface area contributed by atoms with Gasteiger partial charge >= 0.3 is 0 Å². The minimum Gasteiger partial charge on any atom is -0.334 e. The van der Waals surface area contributed by atoms with Gasteiger partial charge in [0.05, 0.1) is 27.9 Å². The number of aromatic amines is 1. The fourth-order valence-corrected chi connectivity index (χ4v) is 3.30. The second-order valence-corrected chi connectivity index (χ2v) is 7.46. The minimum atomic E-state index is -1.22. The van der Waals surface area contributed by atoms with Gasteiger partial charge in [-0.3, -0.25) is 4.21 Å². The number of aryl methyl sites for hydroxylation is 1. The number of halogens is 3. The van der Waals surface area contributed by atoms with Crippen LogP contribution < -0.4 is 0 Å². The van der Waals surface area contributed by atoms with E-state index in [0.717, 1.165) is 5.56 Å². The molecule has 3 aromatic rings. The predicted molar refractivity (Wildman–Crippen MR) is 94.4 cm³/mol. The van der Waals surface area contributed by atoms with E-state index in [0.29, 0.717) is 22.0 Å². The first kappa shape index (κ1) is 17.8. The zero-order valence-corrected chi connectivity index (χ0v) is 15.1. The van der Waals surface area contributed by atoms with Crippen LogP contribution in [0, 0.1) is 18.6 Å². The van der Waals surface area contributed by atoms with Gasteiger partial charge in [0, 0.05) is 6.26 Å². The maximum atomic E-state index is 13.7. The molecule has 0 radical (unpaired) electrons. The summed E-state index contributed by atoms with van der Waals surface area (Å²) in [5.41, 5.74) is 1.95. The average Bonchev–Trinajstić information content (AvgIpc) is 3.04. The molecule has 3 rings (SSSR count). The summed E-state index contributed by atoms with van der Waals surface area (Å²) in [7, 11) is -1.22. The smallest absolute Gasteiger partial charge is 0.141 e. The molecule has 1 aromatic heterocycles. The van der Waals surface area contributed by atoms with Crippen molar-refractivity contribution in [2.24, 2.45) is 0 Å². The molecule has 0 fully saturated rings. The summed E-state index contributed by atoms with van der Waals surface area (Å²) in [6, 6.07) is 9.15. The zero-order valence-electron chi connectivity index (χ0n) is 13.5. The van der Waals surface area contributed by atoms with Crippen LogP contribution in [-0.4, -0.2) is 20.4 Å². The highest BCUT2D eigenvalue weighted by atomic mass is 35.5. The van der Waals surface area contributed by atoms with Crippen molar-refractivity contribution in [1.82, 2.24) is 9.97 Å². The summed E-state index contributed by atoms with van der Waals surface area (Å²) in [5, 5.41) is 0.472. The van der Waals surface area contributed by atoms with E-state index in [4.69, 9.17) is 11.6 Å². The summed E-state index contributed by atoms with van der Waals surface area (Å²) in [4.78, 5) is 7.35. The Morgan fingerprint density at radius 1 is 1.12 bits per heavy atom. The molecule has 130 valence electrons. The normalized spacial score (nSPS) is 13.6. The molecule has 0 aliphatic rings. The third-order valence-electron chi connectivity index (χ3n) is 3.95. The van der Waals surface area contributed by atoms with E-state index < -0.39 is 22.5 Å². The number of nitrogens with zero attached hydrogens (tertiary/aromatic N) is 1. The topological polar surface area (TPSA) is 45.8 Å². The number of aromatic nitrogens is 2. The Labute approximate surface area is 151 Å². The monoisotopic (exact) mass is 380 g/mol. The highest BCUT2D eigenvalue weighted by Crippen LogP contribution is 2.33. The van der Waals surface area contributed by atoms with E-state index in [1.807, 2.05) is 0 Å². The Hall–Kier alpha value is -2.05.